The molecule has 0 radical (unpaired) electrons. The number of hydrogen-bond donors (Lipinski definition) is 2. The molecular formula is C14H21N3O3S2. The van der Waals surface area contributed by atoms with Gasteiger partial charge in [0.15, 0.2) is 0 Å². The summed E-state index contributed by atoms with van der Waals surface area (Å²) in [6.45, 7) is 4.92. The van der Waals surface area contributed by atoms with Gasteiger partial charge in [-0.25, -0.2) is 13.2 Å². The summed E-state index contributed by atoms with van der Waals surface area (Å²) in [5.41, 5.74) is 1.96. The van der Waals surface area contributed by atoms with Crippen LogP contribution in [-0.2, 0) is 10.0 Å². The number of thioether (sulfide) groups is 1. The number of carbonyl (C=O) groups is 1. The van der Waals surface area contributed by atoms with Crippen LogP contribution in [0.15, 0.2) is 18.2 Å². The molecule has 6 nitrogen and oxygen atoms in total. The van der Waals surface area contributed by atoms with Crippen molar-refractivity contribution in [2.24, 2.45) is 0 Å². The van der Waals surface area contributed by atoms with Gasteiger partial charge in [0.2, 0.25) is 10.0 Å². The van der Waals surface area contributed by atoms with Gasteiger partial charge in [0.1, 0.15) is 0 Å². The number of sulfonamides is 1. The molecule has 0 atom stereocenters. The van der Waals surface area contributed by atoms with Crippen LogP contribution in [0.3, 0.4) is 0 Å². The molecule has 2 amide bonds. The quantitative estimate of drug-likeness (QED) is 0.860. The smallest absolute Gasteiger partial charge is 0.321 e. The van der Waals surface area contributed by atoms with E-state index in [0.717, 1.165) is 18.7 Å². The van der Waals surface area contributed by atoms with Gasteiger partial charge in [-0.2, -0.15) is 11.8 Å². The van der Waals surface area contributed by atoms with Gasteiger partial charge in [0.25, 0.3) is 0 Å². The van der Waals surface area contributed by atoms with Crippen LogP contribution in [0, 0.1) is 6.92 Å². The minimum absolute atomic E-state index is 0.0243. The number of rotatable bonds is 5. The molecule has 0 spiro atoms. The Morgan fingerprint density at radius 2 is 2.09 bits per heavy atom. The van der Waals surface area contributed by atoms with Crippen LogP contribution in [0.25, 0.3) is 0 Å². The number of carbonyl (C=O) groups excluding carboxylic acids is 1. The van der Waals surface area contributed by atoms with E-state index in [2.05, 4.69) is 10.0 Å². The van der Waals surface area contributed by atoms with E-state index in [4.69, 9.17) is 0 Å². The highest BCUT2D eigenvalue weighted by molar-refractivity contribution is 7.99. The highest BCUT2D eigenvalue weighted by Gasteiger charge is 2.29. The summed E-state index contributed by atoms with van der Waals surface area (Å²) < 4.78 is 25.7. The first kappa shape index (κ1) is 17.0. The van der Waals surface area contributed by atoms with Crippen molar-refractivity contribution in [2.75, 3.05) is 35.1 Å². The minimum Gasteiger partial charge on any atom is -0.322 e. The fourth-order valence-corrected chi connectivity index (χ4v) is 3.42. The third kappa shape index (κ3) is 4.07. The first-order valence-corrected chi connectivity index (χ1v) is 9.98. The number of benzene rings is 1. The molecule has 0 saturated carbocycles. The van der Waals surface area contributed by atoms with Gasteiger partial charge in [-0.15, -0.1) is 0 Å². The Morgan fingerprint density at radius 3 is 2.64 bits per heavy atom. The number of urea groups is 1. The number of nitrogens with one attached hydrogen (secondary N) is 2. The second kappa shape index (κ2) is 6.78. The fourth-order valence-electron chi connectivity index (χ4n) is 2.05. The summed E-state index contributed by atoms with van der Waals surface area (Å²) in [6, 6.07) is 5.01. The summed E-state index contributed by atoms with van der Waals surface area (Å²) in [4.78, 5) is 13.8. The zero-order valence-electron chi connectivity index (χ0n) is 12.9. The van der Waals surface area contributed by atoms with E-state index in [9.17, 15) is 13.2 Å². The largest absolute Gasteiger partial charge is 0.322 e. The van der Waals surface area contributed by atoms with Gasteiger partial charge < -0.3 is 10.2 Å². The SMILES string of the molecule is CCS(=O)(=O)Nc1ccc(NC(=O)N2CC(SC)C2)cc1C. The second-order valence-electron chi connectivity index (χ2n) is 5.23. The Labute approximate surface area is 135 Å². The highest BCUT2D eigenvalue weighted by Crippen LogP contribution is 2.23. The first-order valence-electron chi connectivity index (χ1n) is 7.04. The number of likely N-dealkylation sites (tertiary alicyclic amines) is 1. The third-order valence-corrected chi connectivity index (χ3v) is 5.85. The molecule has 1 aliphatic heterocycles. The number of aryl methyl sites for hydroxylation is 1. The molecule has 1 heterocycles. The standard InChI is InChI=1S/C14H21N3O3S2/c1-4-22(19,20)16-13-6-5-11(7-10(13)2)15-14(18)17-8-12(9-17)21-3/h5-7,12,16H,4,8-9H2,1-3H3,(H,15,18). The number of anilines is 2. The maximum Gasteiger partial charge on any atom is 0.321 e. The lowest BCUT2D eigenvalue weighted by atomic mass is 10.2. The molecule has 1 fully saturated rings. The third-order valence-electron chi connectivity index (χ3n) is 3.59. The average molecular weight is 343 g/mol. The molecule has 2 rings (SSSR count). The second-order valence-corrected chi connectivity index (χ2v) is 8.38. The highest BCUT2D eigenvalue weighted by atomic mass is 32.2. The Hall–Kier alpha value is -1.41. The van der Waals surface area contributed by atoms with Crippen LogP contribution in [0.5, 0.6) is 0 Å². The van der Waals surface area contributed by atoms with Gasteiger partial charge >= 0.3 is 6.03 Å². The van der Waals surface area contributed by atoms with E-state index < -0.39 is 10.0 Å². The van der Waals surface area contributed by atoms with Crippen LogP contribution in [0.4, 0.5) is 16.2 Å². The van der Waals surface area contributed by atoms with Gasteiger partial charge in [-0.1, -0.05) is 0 Å². The maximum atomic E-state index is 12.0. The summed E-state index contributed by atoms with van der Waals surface area (Å²) in [6.07, 6.45) is 2.04. The first-order chi connectivity index (χ1) is 10.3. The zero-order valence-corrected chi connectivity index (χ0v) is 14.6. The number of hydrogen-bond acceptors (Lipinski definition) is 4. The van der Waals surface area contributed by atoms with Crippen molar-refractivity contribution in [3.05, 3.63) is 23.8 Å². The summed E-state index contributed by atoms with van der Waals surface area (Å²) >= 11 is 1.76. The molecule has 0 bridgehead atoms. The lowest BCUT2D eigenvalue weighted by molar-refractivity contribution is 0.185. The van der Waals surface area contributed by atoms with Crippen molar-refractivity contribution < 1.29 is 13.2 Å². The lowest BCUT2D eigenvalue weighted by Crippen LogP contribution is -2.53. The molecule has 122 valence electrons. The Bertz CT molecular complexity index is 655. The summed E-state index contributed by atoms with van der Waals surface area (Å²) in [5.74, 6) is 0.0243. The topological polar surface area (TPSA) is 78.5 Å². The van der Waals surface area contributed by atoms with Crippen molar-refractivity contribution in [1.82, 2.24) is 4.90 Å². The van der Waals surface area contributed by atoms with Crippen LogP contribution < -0.4 is 10.0 Å². The van der Waals surface area contributed by atoms with E-state index in [1.54, 1.807) is 48.7 Å². The number of amides is 2. The normalized spacial score (nSPS) is 15.3. The van der Waals surface area contributed by atoms with Gasteiger partial charge in [-0.3, -0.25) is 4.72 Å². The predicted molar refractivity (Wildman–Crippen MR) is 92.2 cm³/mol. The van der Waals surface area contributed by atoms with E-state index >= 15 is 0 Å². The Kier molecular flexibility index (Phi) is 5.23. The maximum absolute atomic E-state index is 12.0. The Morgan fingerprint density at radius 1 is 1.41 bits per heavy atom. The van der Waals surface area contributed by atoms with Crippen molar-refractivity contribution >= 4 is 39.2 Å². The van der Waals surface area contributed by atoms with Crippen molar-refractivity contribution in [1.29, 1.82) is 0 Å². The van der Waals surface area contributed by atoms with E-state index in [1.807, 2.05) is 6.26 Å². The summed E-state index contributed by atoms with van der Waals surface area (Å²) in [7, 11) is -3.30. The zero-order chi connectivity index (χ0) is 16.3. The lowest BCUT2D eigenvalue weighted by Gasteiger charge is -2.38. The number of nitrogens with zero attached hydrogens (tertiary/aromatic N) is 1. The van der Waals surface area contributed by atoms with E-state index in [0.29, 0.717) is 16.6 Å². The van der Waals surface area contributed by atoms with Crippen LogP contribution >= 0.6 is 11.8 Å². The molecule has 1 aliphatic rings. The molecule has 1 saturated heterocycles. The molecule has 8 heteroatoms. The van der Waals surface area contributed by atoms with Crippen LogP contribution in [-0.4, -0.2) is 49.7 Å². The monoisotopic (exact) mass is 343 g/mol. The molecule has 0 unspecified atom stereocenters. The molecule has 1 aromatic rings. The fraction of sp³-hybridized carbons (Fsp3) is 0.500. The predicted octanol–water partition coefficient (Wildman–Crippen LogP) is 2.34. The molecule has 22 heavy (non-hydrogen) atoms. The molecule has 2 N–H and O–H groups in total. The molecular weight excluding hydrogens is 322 g/mol. The van der Waals surface area contributed by atoms with E-state index in [1.165, 1.54) is 0 Å². The average Bonchev–Trinajstić information content (AvgIpc) is 2.40. The Balaban J connectivity index is 1.99. The minimum atomic E-state index is -3.30. The molecule has 0 aromatic heterocycles. The van der Waals surface area contributed by atoms with Crippen LogP contribution in [0.2, 0.25) is 0 Å². The van der Waals surface area contributed by atoms with Crippen LogP contribution in [0.1, 0.15) is 12.5 Å². The van der Waals surface area contributed by atoms with Crippen molar-refractivity contribution in [3.8, 4) is 0 Å². The summed E-state index contributed by atoms with van der Waals surface area (Å²) in [5, 5.41) is 3.36. The van der Waals surface area contributed by atoms with Gasteiger partial charge in [0, 0.05) is 24.0 Å². The van der Waals surface area contributed by atoms with Gasteiger partial charge in [0.05, 0.1) is 11.4 Å². The van der Waals surface area contributed by atoms with Crippen molar-refractivity contribution in [2.45, 2.75) is 19.1 Å². The molecule has 0 aliphatic carbocycles. The van der Waals surface area contributed by atoms with Crippen molar-refractivity contribution in [3.63, 3.8) is 0 Å². The van der Waals surface area contributed by atoms with Gasteiger partial charge in [-0.05, 0) is 43.9 Å². The van der Waals surface area contributed by atoms with E-state index in [-0.39, 0.29) is 11.8 Å². The molecule has 1 aromatic carbocycles.